The van der Waals surface area contributed by atoms with Gasteiger partial charge in [0, 0.05) is 10.7 Å². The molecule has 0 aliphatic carbocycles. The zero-order valence-electron chi connectivity index (χ0n) is 18.8. The van der Waals surface area contributed by atoms with Crippen LogP contribution in [0.15, 0.2) is 54.6 Å². The van der Waals surface area contributed by atoms with Crippen molar-refractivity contribution >= 4 is 23.2 Å². The number of aliphatic hydroxyl groups excluding tert-OH is 2. The van der Waals surface area contributed by atoms with Crippen molar-refractivity contribution < 1.29 is 24.5 Å². The first-order valence-corrected chi connectivity index (χ1v) is 11.0. The van der Waals surface area contributed by atoms with Crippen LogP contribution in [-0.2, 0) is 11.2 Å². The van der Waals surface area contributed by atoms with Crippen LogP contribution in [0, 0.1) is 25.2 Å². The number of amides is 1. The molecule has 0 fully saturated rings. The molecule has 8 heteroatoms. The molecule has 34 heavy (non-hydrogen) atoms. The highest BCUT2D eigenvalue weighted by Gasteiger charge is 2.11. The van der Waals surface area contributed by atoms with Crippen LogP contribution in [-0.4, -0.2) is 35.4 Å². The zero-order valence-corrected chi connectivity index (χ0v) is 19.6. The van der Waals surface area contributed by atoms with Crippen LogP contribution in [0.3, 0.4) is 0 Å². The molecule has 0 saturated heterocycles. The number of hydrogen-bond acceptors (Lipinski definition) is 6. The van der Waals surface area contributed by atoms with Crippen LogP contribution >= 0.6 is 11.6 Å². The number of aryl methyl sites for hydroxylation is 2. The molecule has 1 atom stereocenters. The Morgan fingerprint density at radius 3 is 2.59 bits per heavy atom. The molecule has 1 amide bonds. The Hall–Kier alpha value is -3.57. The third-order valence-electron chi connectivity index (χ3n) is 4.97. The van der Waals surface area contributed by atoms with E-state index in [1.54, 1.807) is 42.5 Å². The lowest BCUT2D eigenvalue weighted by Gasteiger charge is -2.14. The van der Waals surface area contributed by atoms with Gasteiger partial charge in [-0.25, -0.2) is 0 Å². The van der Waals surface area contributed by atoms with Gasteiger partial charge in [-0.1, -0.05) is 23.7 Å². The second kappa shape index (κ2) is 11.5. The van der Waals surface area contributed by atoms with Crippen LogP contribution in [0.1, 0.15) is 22.3 Å². The molecule has 0 bridgehead atoms. The average molecular weight is 481 g/mol. The lowest BCUT2D eigenvalue weighted by Crippen LogP contribution is -2.21. The molecular formula is C26H25ClN2O5. The smallest absolute Gasteiger partial charge is 0.228 e. The molecule has 3 rings (SSSR count). The summed E-state index contributed by atoms with van der Waals surface area (Å²) < 4.78 is 11.4. The first kappa shape index (κ1) is 25.1. The fraction of sp³-hybridized carbons (Fsp3) is 0.231. The van der Waals surface area contributed by atoms with Gasteiger partial charge in [0.25, 0.3) is 0 Å². The van der Waals surface area contributed by atoms with E-state index in [9.17, 15) is 9.90 Å². The van der Waals surface area contributed by atoms with Gasteiger partial charge < -0.3 is 25.0 Å². The summed E-state index contributed by atoms with van der Waals surface area (Å²) in [6.07, 6.45) is -0.814. The van der Waals surface area contributed by atoms with E-state index in [-0.39, 0.29) is 25.5 Å². The summed E-state index contributed by atoms with van der Waals surface area (Å²) in [5.41, 5.74) is 3.47. The number of rotatable bonds is 9. The number of nitrogens with one attached hydrogen (secondary N) is 1. The van der Waals surface area contributed by atoms with Crippen LogP contribution in [0.4, 0.5) is 5.69 Å². The summed E-state index contributed by atoms with van der Waals surface area (Å²) >= 11 is 6.06. The van der Waals surface area contributed by atoms with Crippen molar-refractivity contribution in [1.29, 1.82) is 5.26 Å². The predicted octanol–water partition coefficient (Wildman–Crippen LogP) is 4.53. The van der Waals surface area contributed by atoms with E-state index in [1.165, 1.54) is 0 Å². The SMILES string of the molecule is Cc1cc(OCC(O)CO)ccc1NC(=O)Cc1ccc(C)c(Oc2cc(Cl)cc(C#N)c2)c1. The van der Waals surface area contributed by atoms with Gasteiger partial charge in [-0.05, 0) is 73.0 Å². The highest BCUT2D eigenvalue weighted by molar-refractivity contribution is 6.30. The van der Waals surface area contributed by atoms with Gasteiger partial charge in [0.1, 0.15) is 30.0 Å². The monoisotopic (exact) mass is 480 g/mol. The topological polar surface area (TPSA) is 112 Å². The van der Waals surface area contributed by atoms with Crippen molar-refractivity contribution in [2.45, 2.75) is 26.4 Å². The van der Waals surface area contributed by atoms with Crippen molar-refractivity contribution in [3.05, 3.63) is 81.9 Å². The molecule has 0 saturated carbocycles. The molecule has 3 aromatic rings. The number of nitriles is 1. The first-order chi connectivity index (χ1) is 16.3. The zero-order chi connectivity index (χ0) is 24.7. The molecule has 3 aromatic carbocycles. The maximum atomic E-state index is 12.7. The number of aliphatic hydroxyl groups is 2. The molecule has 3 N–H and O–H groups in total. The van der Waals surface area contributed by atoms with Crippen LogP contribution < -0.4 is 14.8 Å². The van der Waals surface area contributed by atoms with E-state index in [2.05, 4.69) is 5.32 Å². The Morgan fingerprint density at radius 2 is 1.88 bits per heavy atom. The van der Waals surface area contributed by atoms with E-state index in [0.717, 1.165) is 16.7 Å². The highest BCUT2D eigenvalue weighted by Crippen LogP contribution is 2.29. The van der Waals surface area contributed by atoms with Gasteiger partial charge >= 0.3 is 0 Å². The lowest BCUT2D eigenvalue weighted by atomic mass is 10.1. The third-order valence-corrected chi connectivity index (χ3v) is 5.19. The van der Waals surface area contributed by atoms with Crippen LogP contribution in [0.2, 0.25) is 5.02 Å². The minimum atomic E-state index is -0.949. The second-order valence-corrected chi connectivity index (χ2v) is 8.27. The van der Waals surface area contributed by atoms with Crippen molar-refractivity contribution in [3.8, 4) is 23.3 Å². The maximum Gasteiger partial charge on any atom is 0.228 e. The van der Waals surface area contributed by atoms with Crippen LogP contribution in [0.5, 0.6) is 17.2 Å². The standard InChI is InChI=1S/C26H25ClN2O5/c1-16-3-4-18(10-25(16)34-23-9-19(13-28)8-20(27)12-23)11-26(32)29-24-6-5-22(7-17(24)2)33-15-21(31)14-30/h3-10,12,21,30-31H,11,14-15H2,1-2H3,(H,29,32). The van der Waals surface area contributed by atoms with Crippen LogP contribution in [0.25, 0.3) is 0 Å². The van der Waals surface area contributed by atoms with Crippen molar-refractivity contribution in [2.75, 3.05) is 18.5 Å². The number of ether oxygens (including phenoxy) is 2. The minimum Gasteiger partial charge on any atom is -0.491 e. The van der Waals surface area contributed by atoms with Crippen molar-refractivity contribution in [1.82, 2.24) is 0 Å². The number of benzene rings is 3. The Bertz CT molecular complexity index is 1220. The summed E-state index contributed by atoms with van der Waals surface area (Å²) in [6.45, 7) is 3.33. The summed E-state index contributed by atoms with van der Waals surface area (Å²) in [5, 5.41) is 30.7. The minimum absolute atomic E-state index is 0.0213. The summed E-state index contributed by atoms with van der Waals surface area (Å²) in [5.74, 6) is 1.35. The van der Waals surface area contributed by atoms with E-state index in [0.29, 0.717) is 33.5 Å². The average Bonchev–Trinajstić information content (AvgIpc) is 2.80. The summed E-state index contributed by atoms with van der Waals surface area (Å²) in [7, 11) is 0. The molecular weight excluding hydrogens is 456 g/mol. The molecule has 0 aliphatic heterocycles. The number of anilines is 1. The van der Waals surface area contributed by atoms with Gasteiger partial charge in [-0.2, -0.15) is 5.26 Å². The Balaban J connectivity index is 1.66. The Morgan fingerprint density at radius 1 is 1.09 bits per heavy atom. The van der Waals surface area contributed by atoms with E-state index in [1.807, 2.05) is 32.0 Å². The van der Waals surface area contributed by atoms with Gasteiger partial charge in [-0.3, -0.25) is 4.79 Å². The first-order valence-electron chi connectivity index (χ1n) is 10.6. The molecule has 176 valence electrons. The molecule has 0 spiro atoms. The Labute approximate surface area is 203 Å². The number of hydrogen-bond donors (Lipinski definition) is 3. The highest BCUT2D eigenvalue weighted by atomic mass is 35.5. The maximum absolute atomic E-state index is 12.7. The molecule has 0 radical (unpaired) electrons. The number of halogens is 1. The molecule has 7 nitrogen and oxygen atoms in total. The van der Waals surface area contributed by atoms with Crippen molar-refractivity contribution in [3.63, 3.8) is 0 Å². The quantitative estimate of drug-likeness (QED) is 0.414. The third kappa shape index (κ3) is 6.96. The van der Waals surface area contributed by atoms with E-state index < -0.39 is 6.10 Å². The molecule has 0 heterocycles. The number of carbonyl (C=O) groups excluding carboxylic acids is 1. The fourth-order valence-electron chi connectivity index (χ4n) is 3.17. The molecule has 1 unspecified atom stereocenters. The number of nitrogens with zero attached hydrogens (tertiary/aromatic N) is 1. The molecule has 0 aliphatic rings. The van der Waals surface area contributed by atoms with Gasteiger partial charge in [-0.15, -0.1) is 0 Å². The predicted molar refractivity (Wildman–Crippen MR) is 130 cm³/mol. The van der Waals surface area contributed by atoms with Gasteiger partial charge in [0.05, 0.1) is 24.7 Å². The molecule has 0 aromatic heterocycles. The number of carbonyl (C=O) groups is 1. The lowest BCUT2D eigenvalue weighted by molar-refractivity contribution is -0.115. The van der Waals surface area contributed by atoms with Gasteiger partial charge in [0.15, 0.2) is 0 Å². The summed E-state index contributed by atoms with van der Waals surface area (Å²) in [4.78, 5) is 12.7. The van der Waals surface area contributed by atoms with E-state index in [4.69, 9.17) is 31.4 Å². The van der Waals surface area contributed by atoms with Gasteiger partial charge in [0.2, 0.25) is 5.91 Å². The van der Waals surface area contributed by atoms with E-state index >= 15 is 0 Å². The largest absolute Gasteiger partial charge is 0.491 e. The Kier molecular flexibility index (Phi) is 8.50. The normalized spacial score (nSPS) is 11.4. The second-order valence-electron chi connectivity index (χ2n) is 7.84. The van der Waals surface area contributed by atoms with Crippen molar-refractivity contribution in [2.24, 2.45) is 0 Å². The summed E-state index contributed by atoms with van der Waals surface area (Å²) in [6, 6.07) is 17.5. The fourth-order valence-corrected chi connectivity index (χ4v) is 3.39.